The molecule has 0 spiro atoms. The molecule has 6 heteroatoms. The Morgan fingerprint density at radius 3 is 2.79 bits per heavy atom. The number of thioether (sulfide) groups is 1. The summed E-state index contributed by atoms with van der Waals surface area (Å²) in [6, 6.07) is 6.71. The van der Waals surface area contributed by atoms with Crippen LogP contribution in [0, 0.1) is 13.8 Å². The molecule has 1 aromatic heterocycles. The number of aryl methyl sites for hydroxylation is 3. The molecule has 0 saturated heterocycles. The first-order valence-electron chi connectivity index (χ1n) is 8.29. The van der Waals surface area contributed by atoms with Gasteiger partial charge in [0, 0.05) is 36.5 Å². The lowest BCUT2D eigenvalue weighted by Gasteiger charge is -2.07. The van der Waals surface area contributed by atoms with Gasteiger partial charge in [-0.15, -0.1) is 0 Å². The third-order valence-electron chi connectivity index (χ3n) is 3.54. The van der Waals surface area contributed by atoms with Crippen molar-refractivity contribution in [3.63, 3.8) is 0 Å². The number of aromatic nitrogens is 2. The van der Waals surface area contributed by atoms with Gasteiger partial charge in [-0.05, 0) is 32.3 Å². The van der Waals surface area contributed by atoms with E-state index in [4.69, 9.17) is 5.73 Å². The summed E-state index contributed by atoms with van der Waals surface area (Å²) in [5, 5.41) is 3.17. The van der Waals surface area contributed by atoms with Crippen LogP contribution in [0.4, 0.5) is 0 Å². The van der Waals surface area contributed by atoms with Crippen molar-refractivity contribution in [1.29, 1.82) is 0 Å². The molecule has 0 aliphatic heterocycles. The second-order valence-corrected chi connectivity index (χ2v) is 7.03. The van der Waals surface area contributed by atoms with Crippen LogP contribution in [-0.4, -0.2) is 34.8 Å². The number of nitrogens with one attached hydrogen (secondary N) is 2. The lowest BCUT2D eigenvalue weighted by atomic mass is 10.1. The Hall–Kier alpha value is -1.95. The fraction of sp³-hybridized carbons (Fsp3) is 0.444. The summed E-state index contributed by atoms with van der Waals surface area (Å²) in [7, 11) is 0. The maximum Gasteiger partial charge on any atom is 0.188 e. The van der Waals surface area contributed by atoms with Gasteiger partial charge in [-0.2, -0.15) is 11.8 Å². The van der Waals surface area contributed by atoms with Gasteiger partial charge in [-0.25, -0.2) is 4.98 Å². The monoisotopic (exact) mass is 345 g/mol. The van der Waals surface area contributed by atoms with Crippen molar-refractivity contribution in [2.24, 2.45) is 10.7 Å². The minimum Gasteiger partial charge on any atom is -0.370 e. The average molecular weight is 346 g/mol. The molecule has 0 fully saturated rings. The predicted octanol–water partition coefficient (Wildman–Crippen LogP) is 2.80. The minimum atomic E-state index is 0.534. The minimum absolute atomic E-state index is 0.534. The summed E-state index contributed by atoms with van der Waals surface area (Å²) in [6.07, 6.45) is 5.46. The van der Waals surface area contributed by atoms with Crippen molar-refractivity contribution >= 4 is 17.7 Å². The smallest absolute Gasteiger partial charge is 0.188 e. The van der Waals surface area contributed by atoms with Crippen molar-refractivity contribution in [3.05, 3.63) is 53.1 Å². The van der Waals surface area contributed by atoms with Crippen LogP contribution in [0.25, 0.3) is 0 Å². The van der Waals surface area contributed by atoms with Gasteiger partial charge in [0.2, 0.25) is 0 Å². The van der Waals surface area contributed by atoms with Crippen LogP contribution in [-0.2, 0) is 12.2 Å². The quantitative estimate of drug-likeness (QED) is 0.371. The van der Waals surface area contributed by atoms with E-state index < -0.39 is 0 Å². The molecular weight excluding hydrogens is 318 g/mol. The van der Waals surface area contributed by atoms with Crippen molar-refractivity contribution in [2.75, 3.05) is 18.8 Å². The number of benzene rings is 1. The highest BCUT2D eigenvalue weighted by Gasteiger charge is 1.98. The molecule has 130 valence electrons. The summed E-state index contributed by atoms with van der Waals surface area (Å²) in [5.41, 5.74) is 11.1. The van der Waals surface area contributed by atoms with Crippen molar-refractivity contribution in [2.45, 2.75) is 32.4 Å². The van der Waals surface area contributed by atoms with Gasteiger partial charge in [-0.3, -0.25) is 4.99 Å². The molecule has 5 nitrogen and oxygen atoms in total. The molecule has 0 saturated carbocycles. The summed E-state index contributed by atoms with van der Waals surface area (Å²) >= 11 is 1.91. The van der Waals surface area contributed by atoms with E-state index in [0.29, 0.717) is 5.96 Å². The number of aliphatic imine (C=N–C) groups is 1. The fourth-order valence-electron chi connectivity index (χ4n) is 2.54. The zero-order valence-corrected chi connectivity index (χ0v) is 15.3. The van der Waals surface area contributed by atoms with Crippen LogP contribution >= 0.6 is 11.8 Å². The maximum absolute atomic E-state index is 5.88. The van der Waals surface area contributed by atoms with Gasteiger partial charge >= 0.3 is 0 Å². The number of nitrogens with zero attached hydrogens (tertiary/aromatic N) is 2. The van der Waals surface area contributed by atoms with Crippen LogP contribution in [0.1, 0.15) is 28.8 Å². The summed E-state index contributed by atoms with van der Waals surface area (Å²) in [5.74, 6) is 2.58. The van der Waals surface area contributed by atoms with E-state index in [1.54, 1.807) is 6.33 Å². The van der Waals surface area contributed by atoms with Crippen LogP contribution < -0.4 is 11.1 Å². The first-order chi connectivity index (χ1) is 11.6. The van der Waals surface area contributed by atoms with Crippen LogP contribution in [0.2, 0.25) is 0 Å². The van der Waals surface area contributed by atoms with E-state index in [-0.39, 0.29) is 0 Å². The maximum atomic E-state index is 5.88. The van der Waals surface area contributed by atoms with Crippen LogP contribution in [0.3, 0.4) is 0 Å². The molecule has 0 unspecified atom stereocenters. The van der Waals surface area contributed by atoms with Crippen molar-refractivity contribution in [1.82, 2.24) is 15.3 Å². The van der Waals surface area contributed by atoms with E-state index in [0.717, 1.165) is 43.1 Å². The Bertz CT molecular complexity index is 617. The first kappa shape index (κ1) is 18.4. The standard InChI is InChI=1S/C18H27N5S/c1-14-8-15(2)10-16(9-14)12-24-7-6-22-18(19)21-5-3-4-17-11-20-13-23-17/h8-11,13H,3-7,12H2,1-2H3,(H,20,23)(H3,19,21,22). The normalized spacial score (nSPS) is 11.7. The fourth-order valence-corrected chi connectivity index (χ4v) is 3.33. The van der Waals surface area contributed by atoms with E-state index in [9.17, 15) is 0 Å². The highest BCUT2D eigenvalue weighted by molar-refractivity contribution is 7.98. The Labute approximate surface area is 148 Å². The lowest BCUT2D eigenvalue weighted by Crippen LogP contribution is -2.33. The Morgan fingerprint density at radius 1 is 1.29 bits per heavy atom. The zero-order valence-electron chi connectivity index (χ0n) is 14.5. The summed E-state index contributed by atoms with van der Waals surface area (Å²) in [6.45, 7) is 5.86. The van der Waals surface area contributed by atoms with E-state index in [1.165, 1.54) is 16.7 Å². The number of nitrogens with two attached hydrogens (primary N) is 1. The number of aromatic amines is 1. The zero-order chi connectivity index (χ0) is 17.2. The molecular formula is C18H27N5S. The highest BCUT2D eigenvalue weighted by Crippen LogP contribution is 2.15. The summed E-state index contributed by atoms with van der Waals surface area (Å²) < 4.78 is 0. The van der Waals surface area contributed by atoms with Crippen LogP contribution in [0.15, 0.2) is 35.7 Å². The molecule has 2 rings (SSSR count). The molecule has 1 aromatic carbocycles. The molecule has 0 radical (unpaired) electrons. The SMILES string of the molecule is Cc1cc(C)cc(CSCCNC(N)=NCCCc2cnc[nH]2)c1. The largest absolute Gasteiger partial charge is 0.370 e. The number of hydrogen-bond acceptors (Lipinski definition) is 3. The molecule has 0 bridgehead atoms. The number of H-pyrrole nitrogens is 1. The molecule has 0 aliphatic rings. The average Bonchev–Trinajstić information content (AvgIpc) is 3.03. The number of guanidine groups is 1. The molecule has 4 N–H and O–H groups in total. The van der Waals surface area contributed by atoms with Gasteiger partial charge < -0.3 is 16.0 Å². The highest BCUT2D eigenvalue weighted by atomic mass is 32.2. The summed E-state index contributed by atoms with van der Waals surface area (Å²) in [4.78, 5) is 11.4. The first-order valence-corrected chi connectivity index (χ1v) is 9.45. The third-order valence-corrected chi connectivity index (χ3v) is 4.57. The predicted molar refractivity (Wildman–Crippen MR) is 103 cm³/mol. The number of rotatable bonds is 9. The van der Waals surface area contributed by atoms with E-state index in [2.05, 4.69) is 52.3 Å². The lowest BCUT2D eigenvalue weighted by molar-refractivity contribution is 0.806. The number of imidazole rings is 1. The van der Waals surface area contributed by atoms with Gasteiger partial charge in [0.15, 0.2) is 5.96 Å². The number of hydrogen-bond donors (Lipinski definition) is 3. The third kappa shape index (κ3) is 7.08. The molecule has 0 amide bonds. The van der Waals surface area contributed by atoms with E-state index in [1.807, 2.05) is 18.0 Å². The van der Waals surface area contributed by atoms with E-state index >= 15 is 0 Å². The van der Waals surface area contributed by atoms with Gasteiger partial charge in [0.25, 0.3) is 0 Å². The van der Waals surface area contributed by atoms with Crippen molar-refractivity contribution in [3.8, 4) is 0 Å². The van der Waals surface area contributed by atoms with Gasteiger partial charge in [0.1, 0.15) is 0 Å². The Balaban J connectivity index is 1.55. The van der Waals surface area contributed by atoms with Crippen LogP contribution in [0.5, 0.6) is 0 Å². The van der Waals surface area contributed by atoms with Crippen molar-refractivity contribution < 1.29 is 0 Å². The molecule has 2 aromatic rings. The Kier molecular flexibility index (Phi) is 7.68. The molecule has 0 atom stereocenters. The Morgan fingerprint density at radius 2 is 2.08 bits per heavy atom. The second kappa shape index (κ2) is 10.0. The van der Waals surface area contributed by atoms with Gasteiger partial charge in [0.05, 0.1) is 6.33 Å². The van der Waals surface area contributed by atoms with Gasteiger partial charge in [-0.1, -0.05) is 29.3 Å². The molecule has 0 aliphatic carbocycles. The molecule has 1 heterocycles. The second-order valence-electron chi connectivity index (χ2n) is 5.92. The topological polar surface area (TPSA) is 79.1 Å². The molecule has 24 heavy (non-hydrogen) atoms.